The van der Waals surface area contributed by atoms with Crippen molar-refractivity contribution in [2.24, 2.45) is 7.05 Å². The van der Waals surface area contributed by atoms with Gasteiger partial charge >= 0.3 is 0 Å². The molecule has 1 atom stereocenters. The largest absolute Gasteiger partial charge is 0.292 e. The fourth-order valence-electron chi connectivity index (χ4n) is 3.10. The Bertz CT molecular complexity index is 1100. The molecule has 128 valence electrons. The first kappa shape index (κ1) is 16.0. The fraction of sp³-hybridized carbons (Fsp3) is 0.278. The molecule has 3 heterocycles. The predicted molar refractivity (Wildman–Crippen MR) is 99.9 cm³/mol. The summed E-state index contributed by atoms with van der Waals surface area (Å²) >= 11 is 1.45. The van der Waals surface area contributed by atoms with E-state index in [-0.39, 0.29) is 11.6 Å². The lowest BCUT2D eigenvalue weighted by Gasteiger charge is -2.24. The summed E-state index contributed by atoms with van der Waals surface area (Å²) in [6, 6.07) is 12.6. The van der Waals surface area contributed by atoms with Gasteiger partial charge in [-0.3, -0.25) is 18.7 Å². The maximum Gasteiger partial charge on any atom is 0.272 e. The molecule has 1 aromatic carbocycles. The number of fused-ring (bicyclic) bond motifs is 3. The highest BCUT2D eigenvalue weighted by Crippen LogP contribution is 2.23. The normalized spacial score (nSPS) is 13.1. The van der Waals surface area contributed by atoms with Crippen LogP contribution >= 0.6 is 11.3 Å². The smallest absolute Gasteiger partial charge is 0.272 e. The molecule has 0 amide bonds. The van der Waals surface area contributed by atoms with Gasteiger partial charge < -0.3 is 0 Å². The molecule has 0 aliphatic rings. The summed E-state index contributed by atoms with van der Waals surface area (Å²) < 4.78 is 4.28. The van der Waals surface area contributed by atoms with E-state index in [0.29, 0.717) is 12.3 Å². The van der Waals surface area contributed by atoms with E-state index in [4.69, 9.17) is 0 Å². The van der Waals surface area contributed by atoms with Crippen LogP contribution in [0.2, 0.25) is 0 Å². The Labute approximate surface area is 149 Å². The summed E-state index contributed by atoms with van der Waals surface area (Å²) in [5.41, 5.74) is 2.11. The minimum Gasteiger partial charge on any atom is -0.292 e. The predicted octanol–water partition coefficient (Wildman–Crippen LogP) is 2.84. The van der Waals surface area contributed by atoms with Crippen LogP contribution in [-0.2, 0) is 13.6 Å². The van der Waals surface area contributed by atoms with Crippen LogP contribution in [0.15, 0.2) is 46.6 Å². The quantitative estimate of drug-likeness (QED) is 0.566. The molecule has 0 radical (unpaired) electrons. The van der Waals surface area contributed by atoms with E-state index in [1.165, 1.54) is 16.9 Å². The van der Waals surface area contributed by atoms with Crippen molar-refractivity contribution in [3.63, 3.8) is 0 Å². The molecule has 0 aliphatic carbocycles. The van der Waals surface area contributed by atoms with E-state index >= 15 is 0 Å². The molecule has 4 aromatic rings. The van der Waals surface area contributed by atoms with Crippen LogP contribution in [-0.4, -0.2) is 31.1 Å². The van der Waals surface area contributed by atoms with Crippen LogP contribution in [0, 0.1) is 0 Å². The molecule has 0 bridgehead atoms. The van der Waals surface area contributed by atoms with Crippen molar-refractivity contribution in [1.82, 2.24) is 24.1 Å². The van der Waals surface area contributed by atoms with Crippen LogP contribution in [0.3, 0.4) is 0 Å². The first-order valence-electron chi connectivity index (χ1n) is 8.13. The van der Waals surface area contributed by atoms with Gasteiger partial charge in [0.25, 0.3) is 5.56 Å². The van der Waals surface area contributed by atoms with Crippen molar-refractivity contribution in [3.05, 3.63) is 63.5 Å². The lowest BCUT2D eigenvalue weighted by Crippen LogP contribution is -2.24. The zero-order chi connectivity index (χ0) is 17.6. The van der Waals surface area contributed by atoms with Crippen molar-refractivity contribution >= 4 is 27.3 Å². The van der Waals surface area contributed by atoms with Gasteiger partial charge in [-0.1, -0.05) is 30.3 Å². The van der Waals surface area contributed by atoms with E-state index in [1.54, 1.807) is 11.6 Å². The number of aryl methyl sites for hydroxylation is 1. The summed E-state index contributed by atoms with van der Waals surface area (Å²) in [6.45, 7) is 2.81. The van der Waals surface area contributed by atoms with Crippen molar-refractivity contribution in [2.75, 3.05) is 7.05 Å². The second-order valence-corrected chi connectivity index (χ2v) is 7.17. The number of benzene rings is 1. The first-order valence-corrected chi connectivity index (χ1v) is 9.01. The molecular formula is C18H19N5OS. The highest BCUT2D eigenvalue weighted by molar-refractivity contribution is 7.17. The molecule has 0 spiro atoms. The van der Waals surface area contributed by atoms with Crippen molar-refractivity contribution in [2.45, 2.75) is 19.5 Å². The Morgan fingerprint density at radius 2 is 1.96 bits per heavy atom. The summed E-state index contributed by atoms with van der Waals surface area (Å²) in [5, 5.41) is 10.5. The summed E-state index contributed by atoms with van der Waals surface area (Å²) in [4.78, 5) is 14.6. The molecule has 25 heavy (non-hydrogen) atoms. The van der Waals surface area contributed by atoms with Gasteiger partial charge in [-0.15, -0.1) is 21.5 Å². The number of hydrogen-bond acceptors (Lipinski definition) is 5. The Balaban J connectivity index is 1.76. The zero-order valence-corrected chi connectivity index (χ0v) is 15.2. The van der Waals surface area contributed by atoms with Gasteiger partial charge in [0.05, 0.1) is 12.1 Å². The Morgan fingerprint density at radius 1 is 1.20 bits per heavy atom. The van der Waals surface area contributed by atoms with E-state index in [2.05, 4.69) is 53.3 Å². The minimum absolute atomic E-state index is 0.0255. The number of thiophene rings is 1. The number of nitrogens with zero attached hydrogens (tertiary/aromatic N) is 5. The lowest BCUT2D eigenvalue weighted by molar-refractivity contribution is 0.246. The zero-order valence-electron chi connectivity index (χ0n) is 14.4. The molecule has 6 nitrogen and oxygen atoms in total. The van der Waals surface area contributed by atoms with E-state index < -0.39 is 0 Å². The second kappa shape index (κ2) is 6.09. The summed E-state index contributed by atoms with van der Waals surface area (Å²) in [7, 11) is 3.82. The van der Waals surface area contributed by atoms with Crippen LogP contribution in [0.5, 0.6) is 0 Å². The molecule has 0 saturated heterocycles. The Kier molecular flexibility index (Phi) is 3.89. The third-order valence-electron chi connectivity index (χ3n) is 4.73. The maximum absolute atomic E-state index is 12.4. The van der Waals surface area contributed by atoms with Gasteiger partial charge in [0.15, 0.2) is 5.82 Å². The molecule has 0 fully saturated rings. The van der Waals surface area contributed by atoms with Crippen LogP contribution in [0.1, 0.15) is 24.4 Å². The van der Waals surface area contributed by atoms with E-state index in [9.17, 15) is 4.79 Å². The van der Waals surface area contributed by atoms with Crippen LogP contribution in [0.4, 0.5) is 0 Å². The summed E-state index contributed by atoms with van der Waals surface area (Å²) in [6.07, 6.45) is 0. The van der Waals surface area contributed by atoms with Crippen LogP contribution in [0.25, 0.3) is 16.0 Å². The Hall–Kier alpha value is -2.51. The Morgan fingerprint density at radius 3 is 2.72 bits per heavy atom. The van der Waals surface area contributed by atoms with Gasteiger partial charge in [0.1, 0.15) is 4.70 Å². The number of hydrogen-bond donors (Lipinski definition) is 0. The third kappa shape index (κ3) is 2.56. The molecule has 0 N–H and O–H groups in total. The summed E-state index contributed by atoms with van der Waals surface area (Å²) in [5.74, 6) is 1.41. The molecule has 0 saturated carbocycles. The van der Waals surface area contributed by atoms with Gasteiger partial charge in [-0.05, 0) is 31.0 Å². The minimum atomic E-state index is -0.0255. The fourth-order valence-corrected chi connectivity index (χ4v) is 3.95. The third-order valence-corrected chi connectivity index (χ3v) is 5.62. The van der Waals surface area contributed by atoms with Gasteiger partial charge in [0, 0.05) is 13.1 Å². The van der Waals surface area contributed by atoms with Gasteiger partial charge in [0.2, 0.25) is 5.78 Å². The van der Waals surface area contributed by atoms with Gasteiger partial charge in [-0.25, -0.2) is 0 Å². The molecule has 0 aliphatic heterocycles. The molecular weight excluding hydrogens is 334 g/mol. The molecule has 7 heteroatoms. The highest BCUT2D eigenvalue weighted by atomic mass is 32.1. The van der Waals surface area contributed by atoms with Crippen LogP contribution < -0.4 is 5.56 Å². The van der Waals surface area contributed by atoms with E-state index in [0.717, 1.165) is 16.0 Å². The highest BCUT2D eigenvalue weighted by Gasteiger charge is 2.19. The van der Waals surface area contributed by atoms with Gasteiger partial charge in [-0.2, -0.15) is 0 Å². The van der Waals surface area contributed by atoms with Crippen molar-refractivity contribution in [3.8, 4) is 0 Å². The SMILES string of the molecule is CC(c1ccccc1)N(C)Cc1nnc2n(C)c(=O)c3sccc3n12. The topological polar surface area (TPSA) is 55.4 Å². The second-order valence-electron chi connectivity index (χ2n) is 6.25. The number of rotatable bonds is 4. The average Bonchev–Trinajstić information content (AvgIpc) is 3.26. The lowest BCUT2D eigenvalue weighted by atomic mass is 10.1. The average molecular weight is 353 g/mol. The number of aromatic nitrogens is 4. The van der Waals surface area contributed by atoms with Crippen molar-refractivity contribution < 1.29 is 0 Å². The molecule has 4 rings (SSSR count). The first-order chi connectivity index (χ1) is 12.1. The van der Waals surface area contributed by atoms with E-state index in [1.807, 2.05) is 21.9 Å². The molecule has 3 aromatic heterocycles. The molecule has 1 unspecified atom stereocenters. The standard InChI is InChI=1S/C18H19N5OS/c1-12(13-7-5-4-6-8-13)21(2)11-15-19-20-18-22(3)17(24)16-14(23(15)18)9-10-25-16/h4-10,12H,11H2,1-3H3. The van der Waals surface area contributed by atoms with Crippen molar-refractivity contribution in [1.29, 1.82) is 0 Å². The monoisotopic (exact) mass is 353 g/mol. The maximum atomic E-state index is 12.4.